The highest BCUT2D eigenvalue weighted by Gasteiger charge is 2.41. The number of nitrogens with one attached hydrogen (secondary N) is 1. The molecule has 0 spiro atoms. The van der Waals surface area contributed by atoms with Crippen LogP contribution >= 0.6 is 0 Å². The van der Waals surface area contributed by atoms with E-state index in [4.69, 9.17) is 4.74 Å². The molecule has 1 N–H and O–H groups in total. The average Bonchev–Trinajstić information content (AvgIpc) is 2.29. The Morgan fingerprint density at radius 2 is 1.65 bits per heavy atom. The lowest BCUT2D eigenvalue weighted by Gasteiger charge is -2.14. The van der Waals surface area contributed by atoms with Crippen molar-refractivity contribution >= 4 is 5.78 Å². The first-order chi connectivity index (χ1) is 9.09. The Morgan fingerprint density at radius 3 is 2.10 bits per heavy atom. The van der Waals surface area contributed by atoms with Crippen molar-refractivity contribution in [2.45, 2.75) is 12.4 Å². The van der Waals surface area contributed by atoms with Crippen LogP contribution in [-0.2, 0) is 14.3 Å². The van der Waals surface area contributed by atoms with Gasteiger partial charge in [0.15, 0.2) is 0 Å². The van der Waals surface area contributed by atoms with E-state index in [2.05, 4.69) is 4.74 Å². The van der Waals surface area contributed by atoms with E-state index in [0.717, 1.165) is 0 Å². The van der Waals surface area contributed by atoms with Crippen LogP contribution in [0.3, 0.4) is 0 Å². The minimum absolute atomic E-state index is 0.130. The Labute approximate surface area is 110 Å². The molecule has 4 nitrogen and oxygen atoms in total. The summed E-state index contributed by atoms with van der Waals surface area (Å²) in [5.74, 6) is -2.59. The van der Waals surface area contributed by atoms with E-state index in [9.17, 15) is 31.1 Å². The van der Waals surface area contributed by atoms with Gasteiger partial charge in [-0.2, -0.15) is 26.3 Å². The van der Waals surface area contributed by atoms with Crippen molar-refractivity contribution in [3.05, 3.63) is 11.8 Å². The molecule has 0 aliphatic carbocycles. The summed E-state index contributed by atoms with van der Waals surface area (Å²) in [5.41, 5.74) is -1.77. The summed E-state index contributed by atoms with van der Waals surface area (Å²) in [4.78, 5) is 10.5. The third-order valence-electron chi connectivity index (χ3n) is 1.85. The van der Waals surface area contributed by atoms with Crippen molar-refractivity contribution in [2.75, 3.05) is 33.5 Å². The van der Waals surface area contributed by atoms with Crippen LogP contribution in [0.1, 0.15) is 0 Å². The number of hydrogen-bond acceptors (Lipinski definition) is 4. The Morgan fingerprint density at radius 1 is 1.05 bits per heavy atom. The van der Waals surface area contributed by atoms with E-state index < -0.39 is 36.5 Å². The summed E-state index contributed by atoms with van der Waals surface area (Å²) in [5, 5.41) is 1.69. The van der Waals surface area contributed by atoms with Crippen molar-refractivity contribution in [2.24, 2.45) is 0 Å². The van der Waals surface area contributed by atoms with Gasteiger partial charge in [-0.25, -0.2) is 0 Å². The zero-order chi connectivity index (χ0) is 15.8. The van der Waals surface area contributed by atoms with Crippen LogP contribution < -0.4 is 5.32 Å². The third-order valence-corrected chi connectivity index (χ3v) is 1.85. The third kappa shape index (κ3) is 8.00. The Kier molecular flexibility index (Phi) is 7.58. The first-order valence-electron chi connectivity index (χ1n) is 5.29. The fourth-order valence-electron chi connectivity index (χ4n) is 0.948. The minimum Gasteiger partial charge on any atom is -0.382 e. The lowest BCUT2D eigenvalue weighted by Crippen LogP contribution is -2.32. The molecule has 0 aromatic rings. The molecule has 0 rings (SSSR count). The summed E-state index contributed by atoms with van der Waals surface area (Å²) in [6.07, 6.45) is -11.0. The molecular weight excluding hydrogens is 296 g/mol. The van der Waals surface area contributed by atoms with Gasteiger partial charge in [0.25, 0.3) is 5.78 Å². The van der Waals surface area contributed by atoms with E-state index in [1.807, 2.05) is 0 Å². The van der Waals surface area contributed by atoms with Gasteiger partial charge < -0.3 is 14.8 Å². The van der Waals surface area contributed by atoms with Crippen LogP contribution in [0.25, 0.3) is 0 Å². The molecule has 0 atom stereocenters. The number of carbonyl (C=O) groups is 1. The molecule has 0 aromatic heterocycles. The summed E-state index contributed by atoms with van der Waals surface area (Å²) in [6, 6.07) is 0. The van der Waals surface area contributed by atoms with E-state index in [1.165, 1.54) is 7.11 Å². The second kappa shape index (κ2) is 8.10. The SMILES string of the molecule is COCCOCCN/C(=C/C(=O)C(F)(F)F)C(F)(F)F. The molecule has 0 radical (unpaired) electrons. The van der Waals surface area contributed by atoms with E-state index in [-0.39, 0.29) is 19.8 Å². The molecule has 0 fully saturated rings. The molecule has 0 saturated heterocycles. The van der Waals surface area contributed by atoms with E-state index >= 15 is 0 Å². The molecule has 0 saturated carbocycles. The number of halogens is 6. The first-order valence-corrected chi connectivity index (χ1v) is 5.29. The van der Waals surface area contributed by atoms with Gasteiger partial charge in [0.05, 0.1) is 19.8 Å². The number of ketones is 1. The maximum atomic E-state index is 12.4. The van der Waals surface area contributed by atoms with Gasteiger partial charge >= 0.3 is 12.4 Å². The number of methoxy groups -OCH3 is 1. The number of hydrogen-bond donors (Lipinski definition) is 1. The Balaban J connectivity index is 4.46. The smallest absolute Gasteiger partial charge is 0.382 e. The highest BCUT2D eigenvalue weighted by molar-refractivity contribution is 5.95. The first kappa shape index (κ1) is 18.7. The molecule has 0 aliphatic heterocycles. The number of ether oxygens (including phenoxy) is 2. The summed E-state index contributed by atoms with van der Waals surface area (Å²) >= 11 is 0. The van der Waals surface area contributed by atoms with Crippen LogP contribution in [0.15, 0.2) is 11.8 Å². The van der Waals surface area contributed by atoms with Crippen LogP contribution in [0.4, 0.5) is 26.3 Å². The summed E-state index contributed by atoms with van der Waals surface area (Å²) < 4.78 is 82.3. The van der Waals surface area contributed by atoms with Crippen LogP contribution in [-0.4, -0.2) is 51.6 Å². The summed E-state index contributed by atoms with van der Waals surface area (Å²) in [6.45, 7) is -0.226. The van der Waals surface area contributed by atoms with Gasteiger partial charge in [-0.1, -0.05) is 0 Å². The van der Waals surface area contributed by atoms with E-state index in [1.54, 1.807) is 5.32 Å². The summed E-state index contributed by atoms with van der Waals surface area (Å²) in [7, 11) is 1.40. The number of alkyl halides is 6. The van der Waals surface area contributed by atoms with Crippen LogP contribution in [0, 0.1) is 0 Å². The molecule has 0 aromatic carbocycles. The van der Waals surface area contributed by atoms with Crippen LogP contribution in [0.2, 0.25) is 0 Å². The monoisotopic (exact) mass is 309 g/mol. The predicted octanol–water partition coefficient (Wildman–Crippen LogP) is 1.82. The predicted molar refractivity (Wildman–Crippen MR) is 55.9 cm³/mol. The normalized spacial score (nSPS) is 13.4. The molecular formula is C10H13F6NO3. The molecule has 0 aliphatic rings. The van der Waals surface area contributed by atoms with Gasteiger partial charge in [-0.05, 0) is 0 Å². The molecule has 20 heavy (non-hydrogen) atoms. The Hall–Kier alpha value is -1.29. The minimum atomic E-state index is -5.35. The van der Waals surface area contributed by atoms with Crippen molar-refractivity contribution in [3.8, 4) is 0 Å². The maximum absolute atomic E-state index is 12.4. The lowest BCUT2D eigenvalue weighted by atomic mass is 10.3. The second-order valence-electron chi connectivity index (χ2n) is 3.45. The zero-order valence-electron chi connectivity index (χ0n) is 10.4. The zero-order valence-corrected chi connectivity index (χ0v) is 10.4. The van der Waals surface area contributed by atoms with Gasteiger partial charge in [-0.3, -0.25) is 4.79 Å². The molecule has 118 valence electrons. The number of allylic oxidation sites excluding steroid dienone is 2. The highest BCUT2D eigenvalue weighted by Crippen LogP contribution is 2.25. The molecule has 0 amide bonds. The second-order valence-corrected chi connectivity index (χ2v) is 3.45. The molecule has 0 unspecified atom stereocenters. The lowest BCUT2D eigenvalue weighted by molar-refractivity contribution is -0.166. The number of rotatable bonds is 8. The standard InChI is InChI=1S/C10H13F6NO3/c1-19-4-5-20-3-2-17-7(9(11,12)13)6-8(18)10(14,15)16/h6,17H,2-5H2,1H3/b7-6+. The van der Waals surface area contributed by atoms with Crippen molar-refractivity contribution in [1.29, 1.82) is 0 Å². The van der Waals surface area contributed by atoms with Gasteiger partial charge in [-0.15, -0.1) is 0 Å². The van der Waals surface area contributed by atoms with Gasteiger partial charge in [0, 0.05) is 19.7 Å². The highest BCUT2D eigenvalue weighted by atomic mass is 19.4. The van der Waals surface area contributed by atoms with Crippen molar-refractivity contribution in [1.82, 2.24) is 5.32 Å². The van der Waals surface area contributed by atoms with Gasteiger partial charge in [0.1, 0.15) is 5.70 Å². The average molecular weight is 309 g/mol. The van der Waals surface area contributed by atoms with E-state index in [0.29, 0.717) is 0 Å². The molecule has 0 bridgehead atoms. The van der Waals surface area contributed by atoms with Crippen molar-refractivity contribution < 1.29 is 40.6 Å². The number of carbonyl (C=O) groups excluding carboxylic acids is 1. The molecule has 0 heterocycles. The molecule has 10 heteroatoms. The van der Waals surface area contributed by atoms with Gasteiger partial charge in [0.2, 0.25) is 0 Å². The fraction of sp³-hybridized carbons (Fsp3) is 0.700. The Bertz CT molecular complexity index is 337. The quantitative estimate of drug-likeness (QED) is 0.422. The maximum Gasteiger partial charge on any atom is 0.454 e. The van der Waals surface area contributed by atoms with Crippen LogP contribution in [0.5, 0.6) is 0 Å². The van der Waals surface area contributed by atoms with Crippen molar-refractivity contribution in [3.63, 3.8) is 0 Å². The topological polar surface area (TPSA) is 47.6 Å². The fourth-order valence-corrected chi connectivity index (χ4v) is 0.948. The largest absolute Gasteiger partial charge is 0.454 e.